The van der Waals surface area contributed by atoms with E-state index in [0.717, 1.165) is 42.5 Å². The molecular weight excluding hydrogens is 488 g/mol. The van der Waals surface area contributed by atoms with Crippen molar-refractivity contribution in [3.8, 4) is 11.8 Å². The molecule has 8 nitrogen and oxygen atoms in total. The molecular formula is C31H32N6O2. The summed E-state index contributed by atoms with van der Waals surface area (Å²) in [5, 5.41) is 0. The van der Waals surface area contributed by atoms with Gasteiger partial charge in [0.15, 0.2) is 11.2 Å². The number of hydrogen-bond donors (Lipinski definition) is 1. The summed E-state index contributed by atoms with van der Waals surface area (Å²) in [5.74, 6) is 6.67. The SMILES string of the molecule is CC#CCn1c(N2CCCC(N)C2)nc2c1c(=O)n(CC1=Cc3ccccc3Cc3ccccc31)c(=O)n2C. The van der Waals surface area contributed by atoms with Crippen molar-refractivity contribution >= 4 is 28.8 Å². The predicted molar refractivity (Wildman–Crippen MR) is 156 cm³/mol. The lowest BCUT2D eigenvalue weighted by atomic mass is 9.98. The van der Waals surface area contributed by atoms with Crippen LogP contribution in [-0.4, -0.2) is 37.8 Å². The Balaban J connectivity index is 1.54. The van der Waals surface area contributed by atoms with E-state index in [1.165, 1.54) is 20.3 Å². The van der Waals surface area contributed by atoms with Gasteiger partial charge in [0.2, 0.25) is 5.95 Å². The van der Waals surface area contributed by atoms with Crippen molar-refractivity contribution < 1.29 is 0 Å². The number of fused-ring (bicyclic) bond motifs is 3. The first-order valence-electron chi connectivity index (χ1n) is 13.4. The number of allylic oxidation sites excluding steroid dienone is 1. The molecule has 0 saturated carbocycles. The number of aryl methyl sites for hydroxylation is 1. The molecule has 8 heteroatoms. The largest absolute Gasteiger partial charge is 0.341 e. The second kappa shape index (κ2) is 10.1. The molecule has 3 heterocycles. The minimum atomic E-state index is -0.392. The van der Waals surface area contributed by atoms with Crippen LogP contribution in [0.5, 0.6) is 0 Å². The highest BCUT2D eigenvalue weighted by Gasteiger charge is 2.27. The van der Waals surface area contributed by atoms with Crippen molar-refractivity contribution in [2.24, 2.45) is 12.8 Å². The molecule has 0 radical (unpaired) electrons. The first-order chi connectivity index (χ1) is 19.0. The zero-order valence-electron chi connectivity index (χ0n) is 22.4. The van der Waals surface area contributed by atoms with Gasteiger partial charge in [-0.1, -0.05) is 54.5 Å². The van der Waals surface area contributed by atoms with Gasteiger partial charge in [-0.15, -0.1) is 5.92 Å². The van der Waals surface area contributed by atoms with Gasteiger partial charge in [0.25, 0.3) is 5.56 Å². The van der Waals surface area contributed by atoms with Crippen LogP contribution < -0.4 is 21.9 Å². The van der Waals surface area contributed by atoms with Gasteiger partial charge in [-0.2, -0.15) is 4.98 Å². The number of nitrogens with zero attached hydrogens (tertiary/aromatic N) is 5. The van der Waals surface area contributed by atoms with Crippen molar-refractivity contribution in [2.75, 3.05) is 18.0 Å². The van der Waals surface area contributed by atoms with Crippen LogP contribution in [0.1, 0.15) is 42.0 Å². The van der Waals surface area contributed by atoms with Gasteiger partial charge in [0.1, 0.15) is 0 Å². The standard InChI is InChI=1S/C31H32N6O2/c1-3-4-16-36-27-28(33-30(36)35-15-9-13-25(32)20-35)34(2)31(39)37(29(27)38)19-24-18-22-11-6-5-10-21(22)17-23-12-7-8-14-26(23)24/h5-8,10-12,14,18,25H,9,13,15-17,19-20,32H2,1-2H3. The Bertz CT molecular complexity index is 1800. The Hall–Kier alpha value is -4.35. The van der Waals surface area contributed by atoms with Crippen LogP contribution in [0.2, 0.25) is 0 Å². The van der Waals surface area contributed by atoms with Crippen LogP contribution in [-0.2, 0) is 26.6 Å². The van der Waals surface area contributed by atoms with Crippen molar-refractivity contribution in [3.63, 3.8) is 0 Å². The van der Waals surface area contributed by atoms with Crippen LogP contribution >= 0.6 is 0 Å². The summed E-state index contributed by atoms with van der Waals surface area (Å²) in [6, 6.07) is 16.5. The molecule has 6 rings (SSSR count). The van der Waals surface area contributed by atoms with E-state index in [2.05, 4.69) is 47.1 Å². The van der Waals surface area contributed by atoms with Crippen molar-refractivity contribution in [2.45, 2.75) is 45.3 Å². The Morgan fingerprint density at radius 3 is 2.62 bits per heavy atom. The fraction of sp³-hybridized carbons (Fsp3) is 0.323. The highest BCUT2D eigenvalue weighted by Crippen LogP contribution is 2.31. The smallest absolute Gasteiger partial charge is 0.332 e. The average molecular weight is 521 g/mol. The third-order valence-electron chi connectivity index (χ3n) is 7.82. The highest BCUT2D eigenvalue weighted by molar-refractivity contribution is 5.85. The third-order valence-corrected chi connectivity index (χ3v) is 7.82. The van der Waals surface area contributed by atoms with Crippen LogP contribution in [0.25, 0.3) is 22.8 Å². The molecule has 39 heavy (non-hydrogen) atoms. The van der Waals surface area contributed by atoms with Crippen molar-refractivity contribution in [1.82, 2.24) is 18.7 Å². The third kappa shape index (κ3) is 4.39. The Morgan fingerprint density at radius 1 is 1.05 bits per heavy atom. The summed E-state index contributed by atoms with van der Waals surface area (Å²) in [5.41, 5.74) is 11.7. The normalized spacial score (nSPS) is 16.6. The highest BCUT2D eigenvalue weighted by atomic mass is 16.2. The minimum absolute atomic E-state index is 0.0369. The number of hydrogen-bond acceptors (Lipinski definition) is 5. The van der Waals surface area contributed by atoms with E-state index < -0.39 is 5.69 Å². The van der Waals surface area contributed by atoms with Gasteiger partial charge < -0.3 is 10.6 Å². The zero-order chi connectivity index (χ0) is 27.1. The lowest BCUT2D eigenvalue weighted by molar-refractivity contribution is 0.496. The topological polar surface area (TPSA) is 91.1 Å². The molecule has 4 aromatic rings. The summed E-state index contributed by atoms with van der Waals surface area (Å²) in [6.45, 7) is 3.68. The molecule has 1 aliphatic carbocycles. The molecule has 1 unspecified atom stereocenters. The Labute approximate surface area is 227 Å². The number of piperidine rings is 1. The molecule has 2 aromatic heterocycles. The lowest BCUT2D eigenvalue weighted by Gasteiger charge is -2.31. The summed E-state index contributed by atoms with van der Waals surface area (Å²) >= 11 is 0. The number of aromatic nitrogens is 4. The second-order valence-electron chi connectivity index (χ2n) is 10.4. The molecule has 2 N–H and O–H groups in total. The molecule has 1 fully saturated rings. The van der Waals surface area contributed by atoms with E-state index in [1.807, 2.05) is 28.8 Å². The van der Waals surface area contributed by atoms with Gasteiger partial charge in [-0.05, 0) is 60.1 Å². The number of nitrogens with two attached hydrogens (primary N) is 1. The molecule has 2 aromatic carbocycles. The predicted octanol–water partition coefficient (Wildman–Crippen LogP) is 2.99. The molecule has 198 valence electrons. The van der Waals surface area contributed by atoms with Crippen LogP contribution in [0.4, 0.5) is 5.95 Å². The van der Waals surface area contributed by atoms with Crippen molar-refractivity contribution in [1.29, 1.82) is 0 Å². The van der Waals surface area contributed by atoms with E-state index in [9.17, 15) is 9.59 Å². The van der Waals surface area contributed by atoms with Gasteiger partial charge in [-0.3, -0.25) is 18.5 Å². The summed E-state index contributed by atoms with van der Waals surface area (Å²) in [6.07, 6.45) is 4.80. The maximum atomic E-state index is 14.1. The number of imidazole rings is 1. The van der Waals surface area contributed by atoms with Gasteiger partial charge in [-0.25, -0.2) is 4.79 Å². The van der Waals surface area contributed by atoms with E-state index in [-0.39, 0.29) is 18.1 Å². The van der Waals surface area contributed by atoms with E-state index in [1.54, 1.807) is 14.0 Å². The van der Waals surface area contributed by atoms with Crippen molar-refractivity contribution in [3.05, 3.63) is 91.6 Å². The fourth-order valence-corrected chi connectivity index (χ4v) is 5.84. The number of rotatable bonds is 4. The van der Waals surface area contributed by atoms with Crippen LogP contribution in [0.3, 0.4) is 0 Å². The van der Waals surface area contributed by atoms with E-state index in [0.29, 0.717) is 30.2 Å². The molecule has 1 aliphatic heterocycles. The maximum absolute atomic E-state index is 14.1. The fourth-order valence-electron chi connectivity index (χ4n) is 5.84. The maximum Gasteiger partial charge on any atom is 0.332 e. The summed E-state index contributed by atoms with van der Waals surface area (Å²) in [7, 11) is 1.68. The van der Waals surface area contributed by atoms with Gasteiger partial charge >= 0.3 is 5.69 Å². The molecule has 2 aliphatic rings. The average Bonchev–Trinajstić information content (AvgIpc) is 3.25. The quantitative estimate of drug-likeness (QED) is 0.418. The Kier molecular flexibility index (Phi) is 6.45. The molecule has 0 amide bonds. The van der Waals surface area contributed by atoms with Gasteiger partial charge in [0.05, 0.1) is 13.1 Å². The first kappa shape index (κ1) is 25.0. The van der Waals surface area contributed by atoms with Gasteiger partial charge in [0, 0.05) is 26.2 Å². The number of anilines is 1. The van der Waals surface area contributed by atoms with E-state index >= 15 is 0 Å². The van der Waals surface area contributed by atoms with Crippen LogP contribution in [0, 0.1) is 11.8 Å². The van der Waals surface area contributed by atoms with Crippen LogP contribution in [0.15, 0.2) is 58.1 Å². The lowest BCUT2D eigenvalue weighted by Crippen LogP contribution is -2.44. The summed E-state index contributed by atoms with van der Waals surface area (Å²) in [4.78, 5) is 34.7. The zero-order valence-corrected chi connectivity index (χ0v) is 22.4. The molecule has 0 bridgehead atoms. The molecule has 1 atom stereocenters. The van der Waals surface area contributed by atoms with E-state index in [4.69, 9.17) is 10.7 Å². The minimum Gasteiger partial charge on any atom is -0.341 e. The molecule has 1 saturated heterocycles. The Morgan fingerprint density at radius 2 is 1.82 bits per heavy atom. The monoisotopic (exact) mass is 520 g/mol. The first-order valence-corrected chi connectivity index (χ1v) is 13.4. The second-order valence-corrected chi connectivity index (χ2v) is 10.4. The number of benzene rings is 2. The molecule has 0 spiro atoms. The summed E-state index contributed by atoms with van der Waals surface area (Å²) < 4.78 is 4.67.